The van der Waals surface area contributed by atoms with Gasteiger partial charge in [0.2, 0.25) is 0 Å². The second kappa shape index (κ2) is 11.4. The van der Waals surface area contributed by atoms with Gasteiger partial charge in [0.25, 0.3) is 0 Å². The molecular weight excluding hydrogens is 557 g/mol. The second-order valence-electron chi connectivity index (χ2n) is 10.6. The lowest BCUT2D eigenvalue weighted by molar-refractivity contribution is -0.360. The highest BCUT2D eigenvalue weighted by Crippen LogP contribution is 2.52. The summed E-state index contributed by atoms with van der Waals surface area (Å²) in [4.78, 5) is 25.7. The van der Waals surface area contributed by atoms with Crippen LogP contribution in [0.2, 0.25) is 0 Å². The predicted octanol–water partition coefficient (Wildman–Crippen LogP) is 5.75. The molecule has 0 amide bonds. The Hall–Kier alpha value is -1.68. The molecule has 0 bridgehead atoms. The molecule has 38 heavy (non-hydrogen) atoms. The van der Waals surface area contributed by atoms with E-state index in [1.165, 1.54) is 6.92 Å². The molecule has 1 N–H and O–H groups in total. The smallest absolute Gasteiger partial charge is 0.464 e. The van der Waals surface area contributed by atoms with Gasteiger partial charge in [-0.25, -0.2) is 4.79 Å². The molecule has 0 aromatic heterocycles. The third-order valence-electron chi connectivity index (χ3n) is 7.15. The lowest BCUT2D eigenvalue weighted by atomic mass is 9.58. The molecule has 0 aromatic carbocycles. The lowest BCUT2D eigenvalue weighted by Gasteiger charge is -2.47. The van der Waals surface area contributed by atoms with Gasteiger partial charge in [0.15, 0.2) is 0 Å². The van der Waals surface area contributed by atoms with Gasteiger partial charge in [-0.1, -0.05) is 48.0 Å². The Morgan fingerprint density at radius 1 is 0.842 bits per heavy atom. The van der Waals surface area contributed by atoms with Gasteiger partial charge in [-0.3, -0.25) is 9.35 Å². The van der Waals surface area contributed by atoms with Crippen molar-refractivity contribution >= 4 is 22.1 Å². The summed E-state index contributed by atoms with van der Waals surface area (Å²) in [5, 5.41) is -6.11. The topological polar surface area (TPSA) is 116 Å². The molecule has 2 atom stereocenters. The summed E-state index contributed by atoms with van der Waals surface area (Å²) in [5.41, 5.74) is -3.40. The maximum absolute atomic E-state index is 14.2. The third kappa shape index (κ3) is 7.09. The number of esters is 2. The van der Waals surface area contributed by atoms with E-state index in [4.69, 9.17) is 4.55 Å². The van der Waals surface area contributed by atoms with Crippen molar-refractivity contribution < 1.29 is 67.5 Å². The van der Waals surface area contributed by atoms with Gasteiger partial charge in [-0.2, -0.15) is 39.2 Å². The summed E-state index contributed by atoms with van der Waals surface area (Å²) in [6, 6.07) is 0. The Labute approximate surface area is 217 Å². The van der Waals surface area contributed by atoms with Crippen molar-refractivity contribution in [2.24, 2.45) is 16.2 Å². The van der Waals surface area contributed by atoms with Crippen LogP contribution in [0, 0.1) is 16.2 Å². The molecule has 0 radical (unpaired) electrons. The largest absolute Gasteiger partial charge is 0.468 e. The van der Waals surface area contributed by atoms with Crippen molar-refractivity contribution in [3.63, 3.8) is 0 Å². The molecule has 0 saturated carbocycles. The van der Waals surface area contributed by atoms with Crippen LogP contribution in [0.4, 0.5) is 30.7 Å². The van der Waals surface area contributed by atoms with Gasteiger partial charge in [-0.05, 0) is 30.6 Å². The van der Waals surface area contributed by atoms with E-state index < -0.39 is 74.5 Å². The highest BCUT2D eigenvalue weighted by atomic mass is 32.2. The van der Waals surface area contributed by atoms with Crippen molar-refractivity contribution in [2.75, 3.05) is 13.7 Å². The van der Waals surface area contributed by atoms with E-state index in [-0.39, 0.29) is 12.8 Å². The third-order valence-corrected chi connectivity index (χ3v) is 8.10. The summed E-state index contributed by atoms with van der Waals surface area (Å²) < 4.78 is 140. The average molecular weight is 593 g/mol. The van der Waals surface area contributed by atoms with Gasteiger partial charge in [0, 0.05) is 6.42 Å². The SMILES string of the molecule is CCC(C)(C)CC(C)(C(=O)OC(OCCC(F)(F)C(F)(F)S(=O)(=O)O)(C(=O)OC)C(F)(F)F)C(C)(C)CC. The highest BCUT2D eigenvalue weighted by molar-refractivity contribution is 7.87. The first-order chi connectivity index (χ1) is 16.6. The van der Waals surface area contributed by atoms with Crippen molar-refractivity contribution in [3.8, 4) is 0 Å². The van der Waals surface area contributed by atoms with E-state index in [9.17, 15) is 48.7 Å². The molecular formula is C22H35F7O8S. The van der Waals surface area contributed by atoms with Crippen LogP contribution in [0.25, 0.3) is 0 Å². The molecule has 0 aliphatic rings. The summed E-state index contributed by atoms with van der Waals surface area (Å²) in [7, 11) is -6.25. The fraction of sp³-hybridized carbons (Fsp3) is 0.909. The average Bonchev–Trinajstić information content (AvgIpc) is 2.75. The van der Waals surface area contributed by atoms with Crippen molar-refractivity contribution in [2.45, 2.75) is 97.3 Å². The van der Waals surface area contributed by atoms with Crippen LogP contribution < -0.4 is 0 Å². The van der Waals surface area contributed by atoms with E-state index in [0.29, 0.717) is 13.5 Å². The maximum Gasteiger partial charge on any atom is 0.468 e. The number of alkyl halides is 7. The Kier molecular flexibility index (Phi) is 10.9. The summed E-state index contributed by atoms with van der Waals surface area (Å²) >= 11 is 0. The van der Waals surface area contributed by atoms with Crippen LogP contribution in [0.3, 0.4) is 0 Å². The highest BCUT2D eigenvalue weighted by Gasteiger charge is 2.70. The van der Waals surface area contributed by atoms with Crippen molar-refractivity contribution in [3.05, 3.63) is 0 Å². The van der Waals surface area contributed by atoms with Crippen LogP contribution >= 0.6 is 0 Å². The Bertz CT molecular complexity index is 963. The summed E-state index contributed by atoms with van der Waals surface area (Å²) in [6.07, 6.45) is -7.73. The van der Waals surface area contributed by atoms with Crippen molar-refractivity contribution in [1.82, 2.24) is 0 Å². The van der Waals surface area contributed by atoms with Crippen LogP contribution in [0.15, 0.2) is 0 Å². The number of methoxy groups -OCH3 is 1. The van der Waals surface area contributed by atoms with Gasteiger partial charge in [-0.15, -0.1) is 0 Å². The number of carbonyl (C=O) groups is 2. The molecule has 2 unspecified atom stereocenters. The predicted molar refractivity (Wildman–Crippen MR) is 120 cm³/mol. The normalized spacial score (nSPS) is 17.4. The molecule has 0 heterocycles. The zero-order valence-electron chi connectivity index (χ0n) is 22.4. The van der Waals surface area contributed by atoms with Crippen LogP contribution in [-0.4, -0.2) is 61.8 Å². The zero-order chi connectivity index (χ0) is 30.8. The Balaban J connectivity index is 6.66. The minimum absolute atomic E-state index is 0.0517. The van der Waals surface area contributed by atoms with E-state index in [1.807, 2.05) is 0 Å². The number of halogens is 7. The van der Waals surface area contributed by atoms with Crippen LogP contribution in [0.5, 0.6) is 0 Å². The fourth-order valence-corrected chi connectivity index (χ4v) is 3.96. The number of ether oxygens (including phenoxy) is 3. The minimum atomic E-state index is -6.69. The molecule has 0 saturated heterocycles. The number of carbonyl (C=O) groups excluding carboxylic acids is 2. The van der Waals surface area contributed by atoms with Crippen LogP contribution in [0.1, 0.15) is 74.1 Å². The first-order valence-electron chi connectivity index (χ1n) is 11.4. The molecule has 16 heteroatoms. The number of hydrogen-bond donors (Lipinski definition) is 1. The van der Waals surface area contributed by atoms with Gasteiger partial charge in [0.05, 0.1) is 19.1 Å². The number of rotatable bonds is 14. The number of hydrogen-bond acceptors (Lipinski definition) is 7. The Morgan fingerprint density at radius 3 is 1.66 bits per heavy atom. The molecule has 8 nitrogen and oxygen atoms in total. The zero-order valence-corrected chi connectivity index (χ0v) is 23.2. The first-order valence-corrected chi connectivity index (χ1v) is 12.8. The van der Waals surface area contributed by atoms with E-state index in [2.05, 4.69) is 14.2 Å². The van der Waals surface area contributed by atoms with Gasteiger partial charge >= 0.3 is 45.2 Å². The molecule has 0 aliphatic carbocycles. The van der Waals surface area contributed by atoms with Crippen LogP contribution in [-0.2, 0) is 33.9 Å². The van der Waals surface area contributed by atoms with Gasteiger partial charge in [0.1, 0.15) is 0 Å². The monoisotopic (exact) mass is 592 g/mol. The van der Waals surface area contributed by atoms with E-state index in [0.717, 1.165) is 0 Å². The van der Waals surface area contributed by atoms with E-state index in [1.54, 1.807) is 41.5 Å². The maximum atomic E-state index is 14.2. The van der Waals surface area contributed by atoms with E-state index >= 15 is 0 Å². The summed E-state index contributed by atoms with van der Waals surface area (Å²) in [5.74, 6) is -14.3. The standard InChI is InChI=1S/C22H35F7O8S/c1-9-16(3,4)13-18(7,17(5,6)10-2)14(30)37-20(15(31)35-8,21(25,26)27)36-12-11-19(23,24)22(28,29)38(32,33)34/h9-13H2,1-8H3,(H,32,33,34). The quantitative estimate of drug-likeness (QED) is 0.117. The minimum Gasteiger partial charge on any atom is -0.464 e. The molecule has 0 fully saturated rings. The molecule has 0 spiro atoms. The second-order valence-corrected chi connectivity index (χ2v) is 12.0. The Morgan fingerprint density at radius 2 is 1.32 bits per heavy atom. The molecule has 0 rings (SSSR count). The lowest BCUT2D eigenvalue weighted by Crippen LogP contribution is -2.61. The molecule has 0 aliphatic heterocycles. The first kappa shape index (κ1) is 36.3. The molecule has 226 valence electrons. The molecule has 0 aromatic rings. The summed E-state index contributed by atoms with van der Waals surface area (Å²) in [6.45, 7) is 9.23. The fourth-order valence-electron chi connectivity index (χ4n) is 3.48. The van der Waals surface area contributed by atoms with Gasteiger partial charge < -0.3 is 14.2 Å². The van der Waals surface area contributed by atoms with Crippen molar-refractivity contribution in [1.29, 1.82) is 0 Å².